The van der Waals surface area contributed by atoms with E-state index < -0.39 is 0 Å². The molecule has 0 spiro atoms. The highest BCUT2D eigenvalue weighted by atomic mass is 15.2. The molecule has 0 radical (unpaired) electrons. The molecule has 2 aromatic rings. The first-order valence-corrected chi connectivity index (χ1v) is 6.76. The summed E-state index contributed by atoms with van der Waals surface area (Å²) >= 11 is 0. The van der Waals surface area contributed by atoms with Gasteiger partial charge in [-0.05, 0) is 18.6 Å². The standard InChI is InChI=1S/C15H20N4/c1-12-10-19(11-15-16-7-8-18(15)2)14-6-4-3-5-13(14)9-17-12/h3-8,12,17H,9-11H2,1-2H3. The Kier molecular flexibility index (Phi) is 3.25. The van der Waals surface area contributed by atoms with E-state index in [1.807, 2.05) is 19.4 Å². The van der Waals surface area contributed by atoms with Crippen LogP contribution in [-0.2, 0) is 20.1 Å². The van der Waals surface area contributed by atoms with Gasteiger partial charge in [0.25, 0.3) is 0 Å². The molecule has 0 saturated carbocycles. The van der Waals surface area contributed by atoms with Gasteiger partial charge >= 0.3 is 0 Å². The molecule has 3 rings (SSSR count). The van der Waals surface area contributed by atoms with Gasteiger partial charge in [-0.3, -0.25) is 0 Å². The highest BCUT2D eigenvalue weighted by Crippen LogP contribution is 2.24. The summed E-state index contributed by atoms with van der Waals surface area (Å²) in [6.07, 6.45) is 3.86. The second-order valence-corrected chi connectivity index (χ2v) is 5.25. The van der Waals surface area contributed by atoms with E-state index in [-0.39, 0.29) is 0 Å². The quantitative estimate of drug-likeness (QED) is 0.891. The highest BCUT2D eigenvalue weighted by molar-refractivity contribution is 5.54. The summed E-state index contributed by atoms with van der Waals surface area (Å²) in [5.74, 6) is 1.10. The van der Waals surface area contributed by atoms with Crippen molar-refractivity contribution >= 4 is 5.69 Å². The summed E-state index contributed by atoms with van der Waals surface area (Å²) in [6.45, 7) is 5.03. The third kappa shape index (κ3) is 2.49. The molecule has 0 saturated heterocycles. The molecular formula is C15H20N4. The van der Waals surface area contributed by atoms with Crippen LogP contribution in [0.3, 0.4) is 0 Å². The van der Waals surface area contributed by atoms with E-state index in [0.29, 0.717) is 6.04 Å². The number of imidazole rings is 1. The average Bonchev–Trinajstić information content (AvgIpc) is 2.73. The van der Waals surface area contributed by atoms with Crippen molar-refractivity contribution in [2.75, 3.05) is 11.4 Å². The predicted octanol–water partition coefficient (Wildman–Crippen LogP) is 1.92. The SMILES string of the molecule is CC1CN(Cc2nccn2C)c2ccccc2CN1. The van der Waals surface area contributed by atoms with E-state index in [0.717, 1.165) is 25.5 Å². The van der Waals surface area contributed by atoms with Crippen LogP contribution in [0.2, 0.25) is 0 Å². The van der Waals surface area contributed by atoms with E-state index in [4.69, 9.17) is 0 Å². The van der Waals surface area contributed by atoms with Gasteiger partial charge in [0.1, 0.15) is 5.82 Å². The molecule has 1 aromatic heterocycles. The largest absolute Gasteiger partial charge is 0.362 e. The number of fused-ring (bicyclic) bond motifs is 1. The first-order chi connectivity index (χ1) is 9.24. The number of para-hydroxylation sites is 1. The fourth-order valence-electron chi connectivity index (χ4n) is 2.62. The number of rotatable bonds is 2. The molecule has 19 heavy (non-hydrogen) atoms. The van der Waals surface area contributed by atoms with Crippen LogP contribution in [0.5, 0.6) is 0 Å². The number of benzene rings is 1. The summed E-state index contributed by atoms with van der Waals surface area (Å²) in [5.41, 5.74) is 2.68. The molecule has 1 atom stereocenters. The Balaban J connectivity index is 1.92. The Hall–Kier alpha value is -1.81. The Morgan fingerprint density at radius 3 is 3.00 bits per heavy atom. The number of aromatic nitrogens is 2. The van der Waals surface area contributed by atoms with Gasteiger partial charge in [-0.15, -0.1) is 0 Å². The molecule has 1 unspecified atom stereocenters. The number of nitrogens with one attached hydrogen (secondary N) is 1. The summed E-state index contributed by atoms with van der Waals surface area (Å²) in [5, 5.41) is 3.56. The van der Waals surface area contributed by atoms with Gasteiger partial charge in [0.2, 0.25) is 0 Å². The van der Waals surface area contributed by atoms with Crippen molar-refractivity contribution in [3.8, 4) is 0 Å². The lowest BCUT2D eigenvalue weighted by Crippen LogP contribution is -2.36. The van der Waals surface area contributed by atoms with Gasteiger partial charge in [0.15, 0.2) is 0 Å². The van der Waals surface area contributed by atoms with Gasteiger partial charge in [-0.1, -0.05) is 18.2 Å². The molecule has 4 heteroatoms. The van der Waals surface area contributed by atoms with Crippen molar-refractivity contribution in [1.29, 1.82) is 0 Å². The average molecular weight is 256 g/mol. The first kappa shape index (κ1) is 12.2. The number of hydrogen-bond donors (Lipinski definition) is 1. The molecule has 100 valence electrons. The summed E-state index contributed by atoms with van der Waals surface area (Å²) in [7, 11) is 2.05. The maximum atomic E-state index is 4.44. The van der Waals surface area contributed by atoms with Gasteiger partial charge < -0.3 is 14.8 Å². The number of nitrogens with zero attached hydrogens (tertiary/aromatic N) is 3. The minimum atomic E-state index is 0.479. The van der Waals surface area contributed by atoms with Crippen molar-refractivity contribution in [3.63, 3.8) is 0 Å². The second-order valence-electron chi connectivity index (χ2n) is 5.25. The molecule has 4 nitrogen and oxygen atoms in total. The predicted molar refractivity (Wildman–Crippen MR) is 77.0 cm³/mol. The number of anilines is 1. The summed E-state index contributed by atoms with van der Waals surface area (Å²) in [6, 6.07) is 9.10. The summed E-state index contributed by atoms with van der Waals surface area (Å²) in [4.78, 5) is 6.86. The number of hydrogen-bond acceptors (Lipinski definition) is 3. The molecular weight excluding hydrogens is 236 g/mol. The fourth-order valence-corrected chi connectivity index (χ4v) is 2.62. The van der Waals surface area contributed by atoms with Gasteiger partial charge in [0, 0.05) is 44.3 Å². The smallest absolute Gasteiger partial charge is 0.127 e. The van der Waals surface area contributed by atoms with Crippen LogP contribution < -0.4 is 10.2 Å². The lowest BCUT2D eigenvalue weighted by molar-refractivity contribution is 0.547. The van der Waals surface area contributed by atoms with Crippen molar-refractivity contribution in [1.82, 2.24) is 14.9 Å². The molecule has 2 heterocycles. The van der Waals surface area contributed by atoms with Crippen molar-refractivity contribution in [2.24, 2.45) is 7.05 Å². The van der Waals surface area contributed by atoms with Crippen molar-refractivity contribution in [3.05, 3.63) is 48.0 Å². The molecule has 1 aliphatic heterocycles. The third-order valence-corrected chi connectivity index (χ3v) is 3.72. The molecule has 1 N–H and O–H groups in total. The maximum Gasteiger partial charge on any atom is 0.127 e. The minimum Gasteiger partial charge on any atom is -0.362 e. The summed E-state index contributed by atoms with van der Waals surface area (Å²) < 4.78 is 2.09. The Bertz CT molecular complexity index is 561. The highest BCUT2D eigenvalue weighted by Gasteiger charge is 2.19. The first-order valence-electron chi connectivity index (χ1n) is 6.76. The Morgan fingerprint density at radius 2 is 2.21 bits per heavy atom. The minimum absolute atomic E-state index is 0.479. The Labute approximate surface area is 114 Å². The van der Waals surface area contributed by atoms with Gasteiger partial charge in [0.05, 0.1) is 6.54 Å². The lowest BCUT2D eigenvalue weighted by atomic mass is 10.1. The fraction of sp³-hybridized carbons (Fsp3) is 0.400. The lowest BCUT2D eigenvalue weighted by Gasteiger charge is -2.26. The Morgan fingerprint density at radius 1 is 1.37 bits per heavy atom. The van der Waals surface area contributed by atoms with Gasteiger partial charge in [-0.2, -0.15) is 0 Å². The monoisotopic (exact) mass is 256 g/mol. The van der Waals surface area contributed by atoms with Crippen molar-refractivity contribution in [2.45, 2.75) is 26.1 Å². The second kappa shape index (κ2) is 5.05. The zero-order valence-electron chi connectivity index (χ0n) is 11.5. The van der Waals surface area contributed by atoms with Crippen LogP contribution >= 0.6 is 0 Å². The van der Waals surface area contributed by atoms with E-state index >= 15 is 0 Å². The molecule has 0 amide bonds. The molecule has 1 aromatic carbocycles. The zero-order valence-corrected chi connectivity index (χ0v) is 11.5. The van der Waals surface area contributed by atoms with Crippen LogP contribution in [0.1, 0.15) is 18.3 Å². The van der Waals surface area contributed by atoms with E-state index in [1.54, 1.807) is 0 Å². The molecule has 0 bridgehead atoms. The van der Waals surface area contributed by atoms with E-state index in [1.165, 1.54) is 11.3 Å². The van der Waals surface area contributed by atoms with Gasteiger partial charge in [-0.25, -0.2) is 4.98 Å². The molecule has 1 aliphatic rings. The van der Waals surface area contributed by atoms with E-state index in [2.05, 4.69) is 51.0 Å². The van der Waals surface area contributed by atoms with Crippen LogP contribution in [0.4, 0.5) is 5.69 Å². The molecule has 0 fully saturated rings. The van der Waals surface area contributed by atoms with Crippen LogP contribution in [0, 0.1) is 0 Å². The van der Waals surface area contributed by atoms with Crippen LogP contribution in [0.15, 0.2) is 36.7 Å². The van der Waals surface area contributed by atoms with Crippen molar-refractivity contribution < 1.29 is 0 Å². The third-order valence-electron chi connectivity index (χ3n) is 3.72. The normalized spacial score (nSPS) is 19.1. The maximum absolute atomic E-state index is 4.44. The zero-order chi connectivity index (χ0) is 13.2. The topological polar surface area (TPSA) is 33.1 Å². The van der Waals surface area contributed by atoms with Crippen LogP contribution in [0.25, 0.3) is 0 Å². The van der Waals surface area contributed by atoms with Crippen LogP contribution in [-0.4, -0.2) is 22.1 Å². The molecule has 0 aliphatic carbocycles. The number of aryl methyl sites for hydroxylation is 1. The van der Waals surface area contributed by atoms with E-state index in [9.17, 15) is 0 Å².